The van der Waals surface area contributed by atoms with Crippen molar-refractivity contribution in [3.8, 4) is 0 Å². The van der Waals surface area contributed by atoms with E-state index in [-0.39, 0.29) is 11.3 Å². The molecule has 1 aromatic rings. The lowest BCUT2D eigenvalue weighted by atomic mass is 10.1. The Morgan fingerprint density at radius 3 is 2.29 bits per heavy atom. The fraction of sp³-hybridized carbons (Fsp3) is 0.300. The van der Waals surface area contributed by atoms with Crippen LogP contribution in [0.2, 0.25) is 0 Å². The van der Waals surface area contributed by atoms with Crippen LogP contribution in [0.15, 0.2) is 24.3 Å². The number of hydrogen-bond acceptors (Lipinski definition) is 4. The summed E-state index contributed by atoms with van der Waals surface area (Å²) >= 11 is 8.58. The summed E-state index contributed by atoms with van der Waals surface area (Å²) in [5.41, 5.74) is 6.14. The van der Waals surface area contributed by atoms with Gasteiger partial charge in [0, 0.05) is 11.3 Å². The standard InChI is InChI=1S/C10H11BrClNO3S/c1-2-17(15,16)10(11,12)9(14)7-3-5-8(13)6-4-7/h3-6H,2,13H2,1H3/t10-/m0/s1. The molecule has 17 heavy (non-hydrogen) atoms. The Morgan fingerprint density at radius 2 is 1.88 bits per heavy atom. The van der Waals surface area contributed by atoms with E-state index >= 15 is 0 Å². The molecule has 0 unspecified atom stereocenters. The summed E-state index contributed by atoms with van der Waals surface area (Å²) in [7, 11) is -3.75. The molecule has 0 aliphatic carbocycles. The minimum Gasteiger partial charge on any atom is -0.399 e. The van der Waals surface area contributed by atoms with Gasteiger partial charge in [-0.05, 0) is 40.2 Å². The van der Waals surface area contributed by atoms with E-state index < -0.39 is 18.7 Å². The van der Waals surface area contributed by atoms with Crippen molar-refractivity contribution >= 4 is 48.8 Å². The summed E-state index contributed by atoms with van der Waals surface area (Å²) in [4.78, 5) is 12.0. The van der Waals surface area contributed by atoms with E-state index in [9.17, 15) is 13.2 Å². The molecule has 0 aromatic heterocycles. The second-order valence-corrected chi connectivity index (χ2v) is 8.75. The third-order valence-corrected chi connectivity index (χ3v) is 6.65. The van der Waals surface area contributed by atoms with Crippen LogP contribution in [-0.4, -0.2) is 23.1 Å². The number of Topliss-reactive ketones (excluding diaryl/α,β-unsaturated/α-hetero) is 1. The molecule has 2 N–H and O–H groups in total. The number of nitrogen functional groups attached to an aromatic ring is 1. The summed E-state index contributed by atoms with van der Waals surface area (Å²) in [6, 6.07) is 5.88. The second-order valence-electron chi connectivity index (χ2n) is 3.37. The normalized spacial score (nSPS) is 15.2. The van der Waals surface area contributed by atoms with Gasteiger partial charge in [-0.3, -0.25) is 4.79 Å². The van der Waals surface area contributed by atoms with E-state index in [2.05, 4.69) is 15.9 Å². The van der Waals surface area contributed by atoms with E-state index in [0.29, 0.717) is 5.69 Å². The van der Waals surface area contributed by atoms with Gasteiger partial charge in [0.25, 0.3) is 3.12 Å². The zero-order chi connectivity index (χ0) is 13.3. The molecule has 0 bridgehead atoms. The first kappa shape index (κ1) is 14.5. The fourth-order valence-electron chi connectivity index (χ4n) is 1.13. The van der Waals surface area contributed by atoms with Crippen molar-refractivity contribution in [1.82, 2.24) is 0 Å². The van der Waals surface area contributed by atoms with Gasteiger partial charge in [0.05, 0.1) is 5.75 Å². The maximum atomic E-state index is 12.0. The number of benzene rings is 1. The SMILES string of the molecule is CCS(=O)(=O)[C@](Cl)(Br)C(=O)c1ccc(N)cc1. The van der Waals surface area contributed by atoms with Crippen molar-refractivity contribution in [3.05, 3.63) is 29.8 Å². The highest BCUT2D eigenvalue weighted by molar-refractivity contribution is 9.12. The van der Waals surface area contributed by atoms with Crippen LogP contribution in [0.3, 0.4) is 0 Å². The smallest absolute Gasteiger partial charge is 0.261 e. The molecule has 4 nitrogen and oxygen atoms in total. The quantitative estimate of drug-likeness (QED) is 0.518. The van der Waals surface area contributed by atoms with Crippen LogP contribution < -0.4 is 5.73 Å². The Kier molecular flexibility index (Phi) is 4.22. The van der Waals surface area contributed by atoms with E-state index in [1.54, 1.807) is 0 Å². The minimum atomic E-state index is -3.75. The number of anilines is 1. The first-order chi connectivity index (χ1) is 7.72. The first-order valence-electron chi connectivity index (χ1n) is 4.73. The van der Waals surface area contributed by atoms with Gasteiger partial charge in [-0.25, -0.2) is 8.42 Å². The van der Waals surface area contributed by atoms with Gasteiger partial charge in [-0.15, -0.1) is 0 Å². The van der Waals surface area contributed by atoms with Crippen LogP contribution in [0.4, 0.5) is 5.69 Å². The molecule has 1 rings (SSSR count). The third-order valence-electron chi connectivity index (χ3n) is 2.21. The van der Waals surface area contributed by atoms with Crippen molar-refractivity contribution in [2.75, 3.05) is 11.5 Å². The number of carbonyl (C=O) groups excluding carboxylic acids is 1. The highest BCUT2D eigenvalue weighted by Crippen LogP contribution is 2.35. The Hall–Kier alpha value is -0.590. The van der Waals surface area contributed by atoms with Crippen molar-refractivity contribution in [1.29, 1.82) is 0 Å². The predicted molar refractivity (Wildman–Crippen MR) is 72.2 cm³/mol. The predicted octanol–water partition coefficient (Wildman–Crippen LogP) is 2.17. The zero-order valence-electron chi connectivity index (χ0n) is 8.98. The molecule has 0 aliphatic rings. The first-order valence-corrected chi connectivity index (χ1v) is 7.55. The molecule has 1 aromatic carbocycles. The fourth-order valence-corrected chi connectivity index (χ4v) is 3.24. The maximum Gasteiger partial charge on any atom is 0.261 e. The van der Waals surface area contributed by atoms with Crippen LogP contribution >= 0.6 is 27.5 Å². The summed E-state index contributed by atoms with van der Waals surface area (Å²) in [5.74, 6) is -0.955. The summed E-state index contributed by atoms with van der Waals surface area (Å²) < 4.78 is 21.2. The molecule has 0 saturated heterocycles. The summed E-state index contributed by atoms with van der Waals surface area (Å²) in [5, 5.41) is 0. The highest BCUT2D eigenvalue weighted by Gasteiger charge is 2.45. The number of sulfone groups is 1. The Morgan fingerprint density at radius 1 is 1.41 bits per heavy atom. The maximum absolute atomic E-state index is 12.0. The summed E-state index contributed by atoms with van der Waals surface area (Å²) in [6.45, 7) is 1.42. The molecule has 1 atom stereocenters. The molecular weight excluding hydrogens is 330 g/mol. The van der Waals surface area contributed by atoms with Crippen molar-refractivity contribution in [2.45, 2.75) is 10.0 Å². The number of halogens is 2. The minimum absolute atomic E-state index is 0.183. The van der Waals surface area contributed by atoms with Gasteiger partial charge in [-0.2, -0.15) is 0 Å². The average molecular weight is 341 g/mol. The Labute approximate surface area is 113 Å². The van der Waals surface area contributed by atoms with Crippen LogP contribution in [0.25, 0.3) is 0 Å². The van der Waals surface area contributed by atoms with Gasteiger partial charge in [0.2, 0.25) is 5.78 Å². The average Bonchev–Trinajstić information content (AvgIpc) is 2.28. The van der Waals surface area contributed by atoms with Crippen LogP contribution in [0.1, 0.15) is 17.3 Å². The monoisotopic (exact) mass is 339 g/mol. The van der Waals surface area contributed by atoms with E-state index in [1.165, 1.54) is 31.2 Å². The number of alkyl halides is 2. The second kappa shape index (κ2) is 4.96. The number of carbonyl (C=O) groups is 1. The van der Waals surface area contributed by atoms with Gasteiger partial charge < -0.3 is 5.73 Å². The van der Waals surface area contributed by atoms with Crippen molar-refractivity contribution in [2.24, 2.45) is 0 Å². The van der Waals surface area contributed by atoms with E-state index in [0.717, 1.165) is 0 Å². The van der Waals surface area contributed by atoms with Gasteiger partial charge in [0.1, 0.15) is 0 Å². The molecule has 0 heterocycles. The lowest BCUT2D eigenvalue weighted by molar-refractivity contribution is 0.1000. The van der Waals surface area contributed by atoms with Crippen molar-refractivity contribution < 1.29 is 13.2 Å². The third kappa shape index (κ3) is 2.81. The van der Waals surface area contributed by atoms with Crippen LogP contribution in [-0.2, 0) is 9.84 Å². The lowest BCUT2D eigenvalue weighted by Crippen LogP contribution is -2.36. The molecule has 0 saturated carbocycles. The lowest BCUT2D eigenvalue weighted by Gasteiger charge is -2.18. The highest BCUT2D eigenvalue weighted by atomic mass is 79.9. The van der Waals surface area contributed by atoms with Crippen LogP contribution in [0.5, 0.6) is 0 Å². The number of hydrogen-bond donors (Lipinski definition) is 1. The van der Waals surface area contributed by atoms with Gasteiger partial charge in [0.15, 0.2) is 9.84 Å². The van der Waals surface area contributed by atoms with E-state index in [1.807, 2.05) is 0 Å². The Balaban J connectivity index is 3.18. The van der Waals surface area contributed by atoms with E-state index in [4.69, 9.17) is 17.3 Å². The molecule has 0 radical (unpaired) electrons. The molecule has 94 valence electrons. The zero-order valence-corrected chi connectivity index (χ0v) is 12.1. The van der Waals surface area contributed by atoms with Crippen molar-refractivity contribution in [3.63, 3.8) is 0 Å². The topological polar surface area (TPSA) is 77.2 Å². The molecule has 0 spiro atoms. The van der Waals surface area contributed by atoms with Gasteiger partial charge >= 0.3 is 0 Å². The number of nitrogens with two attached hydrogens (primary N) is 1. The molecule has 7 heteroatoms. The number of ketones is 1. The van der Waals surface area contributed by atoms with Crippen LogP contribution in [0, 0.1) is 0 Å². The molecule has 0 fully saturated rings. The number of rotatable bonds is 4. The van der Waals surface area contributed by atoms with Gasteiger partial charge in [-0.1, -0.05) is 18.5 Å². The molecule has 0 amide bonds. The largest absolute Gasteiger partial charge is 0.399 e. The molecule has 0 aliphatic heterocycles. The Bertz CT molecular complexity index is 525. The molecular formula is C10H11BrClNO3S. The summed E-state index contributed by atoms with van der Waals surface area (Å²) in [6.07, 6.45) is 0.